The highest BCUT2D eigenvalue weighted by atomic mass is 32.1. The van der Waals surface area contributed by atoms with Gasteiger partial charge in [0.1, 0.15) is 0 Å². The number of thiophene rings is 1. The van der Waals surface area contributed by atoms with Crippen molar-refractivity contribution in [3.63, 3.8) is 0 Å². The molecule has 2 amide bonds. The Balaban J connectivity index is 1.78. The van der Waals surface area contributed by atoms with Gasteiger partial charge < -0.3 is 20.1 Å². The number of ether oxygens (including phenoxy) is 2. The van der Waals surface area contributed by atoms with Gasteiger partial charge >= 0.3 is 0 Å². The average Bonchev–Trinajstić information content (AvgIpc) is 3.12. The highest BCUT2D eigenvalue weighted by Crippen LogP contribution is 2.27. The molecule has 0 aliphatic heterocycles. The smallest absolute Gasteiger partial charge is 0.251 e. The minimum atomic E-state index is -0.343. The second kappa shape index (κ2) is 8.93. The van der Waals surface area contributed by atoms with Gasteiger partial charge in [-0.1, -0.05) is 6.07 Å². The number of methoxy groups -OCH3 is 2. The summed E-state index contributed by atoms with van der Waals surface area (Å²) in [5.74, 6) is 0.440. The number of hydrogen-bond donors (Lipinski definition) is 2. The molecule has 7 heteroatoms. The second-order valence-corrected chi connectivity index (χ2v) is 5.96. The molecule has 2 aromatic rings. The maximum Gasteiger partial charge on any atom is 0.251 e. The summed E-state index contributed by atoms with van der Waals surface area (Å²) in [4.78, 5) is 25.1. The molecule has 2 rings (SSSR count). The molecule has 0 bridgehead atoms. The zero-order valence-corrected chi connectivity index (χ0v) is 14.4. The molecule has 1 aromatic heterocycles. The largest absolute Gasteiger partial charge is 0.493 e. The number of nitrogens with one attached hydrogen (secondary N) is 2. The van der Waals surface area contributed by atoms with Gasteiger partial charge in [0, 0.05) is 17.0 Å². The topological polar surface area (TPSA) is 76.7 Å². The Morgan fingerprint density at radius 2 is 1.88 bits per heavy atom. The molecule has 0 aliphatic carbocycles. The Hall–Kier alpha value is -2.54. The summed E-state index contributed by atoms with van der Waals surface area (Å²) in [5.41, 5.74) is 0.402. The molecule has 0 radical (unpaired) electrons. The Bertz CT molecular complexity index is 686. The first-order valence-electron chi connectivity index (χ1n) is 7.43. The summed E-state index contributed by atoms with van der Waals surface area (Å²) >= 11 is 1.65. The Kier molecular flexibility index (Phi) is 6.62. The van der Waals surface area contributed by atoms with Crippen LogP contribution in [0.4, 0.5) is 0 Å². The van der Waals surface area contributed by atoms with Crippen molar-refractivity contribution in [2.24, 2.45) is 0 Å². The molecular weight excluding hydrogens is 328 g/mol. The predicted octanol–water partition coefficient (Wildman–Crippen LogP) is 1.85. The number of carbonyl (C=O) groups is 2. The minimum absolute atomic E-state index is 0.0718. The first-order valence-corrected chi connectivity index (χ1v) is 8.31. The van der Waals surface area contributed by atoms with Gasteiger partial charge in [-0.25, -0.2) is 0 Å². The molecule has 0 aliphatic rings. The molecule has 1 aromatic carbocycles. The van der Waals surface area contributed by atoms with E-state index in [0.29, 0.717) is 23.6 Å². The van der Waals surface area contributed by atoms with Gasteiger partial charge in [-0.15, -0.1) is 11.3 Å². The second-order valence-electron chi connectivity index (χ2n) is 4.93. The fourth-order valence-electron chi connectivity index (χ4n) is 2.08. The van der Waals surface area contributed by atoms with E-state index in [1.54, 1.807) is 29.5 Å². The fourth-order valence-corrected chi connectivity index (χ4v) is 2.79. The van der Waals surface area contributed by atoms with E-state index >= 15 is 0 Å². The summed E-state index contributed by atoms with van der Waals surface area (Å²) in [6.45, 7) is 0.475. The van der Waals surface area contributed by atoms with E-state index in [9.17, 15) is 9.59 Å². The van der Waals surface area contributed by atoms with Crippen molar-refractivity contribution in [1.29, 1.82) is 0 Å². The lowest BCUT2D eigenvalue weighted by Gasteiger charge is -2.10. The Labute approximate surface area is 144 Å². The molecule has 0 saturated carbocycles. The lowest BCUT2D eigenvalue weighted by Crippen LogP contribution is -2.37. The first-order chi connectivity index (χ1) is 11.6. The number of benzene rings is 1. The summed E-state index contributed by atoms with van der Waals surface area (Å²) in [6.07, 6.45) is 0.785. The molecule has 1 heterocycles. The number of amides is 2. The third kappa shape index (κ3) is 4.99. The van der Waals surface area contributed by atoms with E-state index in [0.717, 1.165) is 6.42 Å². The summed E-state index contributed by atoms with van der Waals surface area (Å²) < 4.78 is 10.3. The van der Waals surface area contributed by atoms with Crippen molar-refractivity contribution >= 4 is 23.2 Å². The molecular formula is C17H20N2O4S. The van der Waals surface area contributed by atoms with Crippen LogP contribution in [0.25, 0.3) is 0 Å². The van der Waals surface area contributed by atoms with E-state index in [1.165, 1.54) is 19.1 Å². The lowest BCUT2D eigenvalue weighted by molar-refractivity contribution is -0.120. The van der Waals surface area contributed by atoms with Crippen LogP contribution in [-0.2, 0) is 11.2 Å². The number of rotatable bonds is 8. The first kappa shape index (κ1) is 17.8. The third-order valence-electron chi connectivity index (χ3n) is 3.33. The van der Waals surface area contributed by atoms with Gasteiger partial charge in [0.15, 0.2) is 11.5 Å². The van der Waals surface area contributed by atoms with Crippen molar-refractivity contribution in [2.45, 2.75) is 6.42 Å². The SMILES string of the molecule is COc1ccc(C(=O)NCC(=O)NCCc2cccs2)cc1OC. The van der Waals surface area contributed by atoms with Crippen LogP contribution >= 0.6 is 11.3 Å². The van der Waals surface area contributed by atoms with E-state index < -0.39 is 0 Å². The number of carbonyl (C=O) groups excluding carboxylic acids is 2. The highest BCUT2D eigenvalue weighted by molar-refractivity contribution is 7.09. The van der Waals surface area contributed by atoms with Crippen molar-refractivity contribution in [3.8, 4) is 11.5 Å². The van der Waals surface area contributed by atoms with Crippen LogP contribution in [0, 0.1) is 0 Å². The van der Waals surface area contributed by atoms with Gasteiger partial charge in [0.2, 0.25) is 5.91 Å². The Morgan fingerprint density at radius 3 is 2.54 bits per heavy atom. The van der Waals surface area contributed by atoms with Crippen LogP contribution in [0.2, 0.25) is 0 Å². The molecule has 6 nitrogen and oxygen atoms in total. The van der Waals surface area contributed by atoms with Crippen LogP contribution in [0.5, 0.6) is 11.5 Å². The quantitative estimate of drug-likeness (QED) is 0.763. The van der Waals surface area contributed by atoms with E-state index in [1.807, 2.05) is 17.5 Å². The Morgan fingerprint density at radius 1 is 1.08 bits per heavy atom. The minimum Gasteiger partial charge on any atom is -0.493 e. The summed E-state index contributed by atoms with van der Waals surface area (Å²) in [6, 6.07) is 8.84. The summed E-state index contributed by atoms with van der Waals surface area (Å²) in [7, 11) is 3.03. The molecule has 2 N–H and O–H groups in total. The van der Waals surface area contributed by atoms with Crippen molar-refractivity contribution in [2.75, 3.05) is 27.3 Å². The van der Waals surface area contributed by atoms with Crippen LogP contribution < -0.4 is 20.1 Å². The standard InChI is InChI=1S/C17H20N2O4S/c1-22-14-6-5-12(10-15(14)23-2)17(21)19-11-16(20)18-8-7-13-4-3-9-24-13/h3-6,9-10H,7-8,11H2,1-2H3,(H,18,20)(H,19,21). The molecule has 128 valence electrons. The van der Waals surface area contributed by atoms with Crippen LogP contribution in [0.15, 0.2) is 35.7 Å². The summed E-state index contributed by atoms with van der Waals surface area (Å²) in [5, 5.41) is 7.36. The zero-order valence-electron chi connectivity index (χ0n) is 13.6. The van der Waals surface area contributed by atoms with Crippen molar-refractivity contribution < 1.29 is 19.1 Å². The molecule has 0 unspecified atom stereocenters. The fraction of sp³-hybridized carbons (Fsp3) is 0.294. The highest BCUT2D eigenvalue weighted by Gasteiger charge is 2.11. The molecule has 0 fully saturated rings. The zero-order chi connectivity index (χ0) is 17.4. The van der Waals surface area contributed by atoms with Crippen LogP contribution in [0.3, 0.4) is 0 Å². The maximum absolute atomic E-state index is 12.1. The normalized spacial score (nSPS) is 10.1. The molecule has 24 heavy (non-hydrogen) atoms. The lowest BCUT2D eigenvalue weighted by atomic mass is 10.2. The number of hydrogen-bond acceptors (Lipinski definition) is 5. The van der Waals surface area contributed by atoms with E-state index in [4.69, 9.17) is 9.47 Å². The molecule has 0 saturated heterocycles. The van der Waals surface area contributed by atoms with Crippen molar-refractivity contribution in [3.05, 3.63) is 46.2 Å². The van der Waals surface area contributed by atoms with Gasteiger partial charge in [-0.2, -0.15) is 0 Å². The van der Waals surface area contributed by atoms with Gasteiger partial charge in [-0.3, -0.25) is 9.59 Å². The van der Waals surface area contributed by atoms with Crippen molar-refractivity contribution in [1.82, 2.24) is 10.6 Å². The van der Waals surface area contributed by atoms with Gasteiger partial charge in [-0.05, 0) is 36.1 Å². The monoisotopic (exact) mass is 348 g/mol. The van der Waals surface area contributed by atoms with Crippen LogP contribution in [-0.4, -0.2) is 39.1 Å². The third-order valence-corrected chi connectivity index (χ3v) is 4.27. The van der Waals surface area contributed by atoms with Crippen LogP contribution in [0.1, 0.15) is 15.2 Å². The van der Waals surface area contributed by atoms with E-state index in [2.05, 4.69) is 10.6 Å². The van der Waals surface area contributed by atoms with Gasteiger partial charge in [0.05, 0.1) is 20.8 Å². The average molecular weight is 348 g/mol. The van der Waals surface area contributed by atoms with E-state index in [-0.39, 0.29) is 18.4 Å². The predicted molar refractivity (Wildman–Crippen MR) is 92.9 cm³/mol. The maximum atomic E-state index is 12.1. The molecule has 0 atom stereocenters. The molecule has 0 spiro atoms. The van der Waals surface area contributed by atoms with Gasteiger partial charge in [0.25, 0.3) is 5.91 Å².